The van der Waals surface area contributed by atoms with Crippen LogP contribution < -0.4 is 10.1 Å². The first-order valence-electron chi connectivity index (χ1n) is 9.73. The van der Waals surface area contributed by atoms with E-state index in [0.717, 1.165) is 22.1 Å². The molecular formula is C22H21NO6S2. The van der Waals surface area contributed by atoms with E-state index in [9.17, 15) is 18.0 Å². The summed E-state index contributed by atoms with van der Waals surface area (Å²) < 4.78 is 34.7. The molecule has 9 heteroatoms. The lowest BCUT2D eigenvalue weighted by Crippen LogP contribution is -2.20. The van der Waals surface area contributed by atoms with E-state index in [-0.39, 0.29) is 30.1 Å². The predicted molar refractivity (Wildman–Crippen MR) is 120 cm³/mol. The van der Waals surface area contributed by atoms with Crippen molar-refractivity contribution >= 4 is 48.8 Å². The number of hydrogen-bond acceptors (Lipinski definition) is 7. The minimum atomic E-state index is -3.23. The highest BCUT2D eigenvalue weighted by Gasteiger charge is 2.32. The Hall–Kier alpha value is -2.91. The van der Waals surface area contributed by atoms with Gasteiger partial charge in [0.25, 0.3) is 5.91 Å². The molecule has 1 N–H and O–H groups in total. The molecule has 0 saturated heterocycles. The Bertz CT molecular complexity index is 1290. The van der Waals surface area contributed by atoms with Gasteiger partial charge in [0.05, 0.1) is 36.3 Å². The fraction of sp³-hybridized carbons (Fsp3) is 0.273. The summed E-state index contributed by atoms with van der Waals surface area (Å²) in [7, 11) is -1.74. The Morgan fingerprint density at radius 2 is 1.87 bits per heavy atom. The van der Waals surface area contributed by atoms with Crippen molar-refractivity contribution in [3.63, 3.8) is 0 Å². The van der Waals surface area contributed by atoms with Gasteiger partial charge < -0.3 is 14.8 Å². The maximum atomic E-state index is 13.2. The number of ether oxygens (including phenoxy) is 2. The van der Waals surface area contributed by atoms with Crippen LogP contribution in [0.3, 0.4) is 0 Å². The smallest absolute Gasteiger partial charge is 0.341 e. The number of nitrogens with one attached hydrogen (secondary N) is 1. The number of carbonyl (C=O) groups excluding carboxylic acids is 2. The van der Waals surface area contributed by atoms with E-state index in [1.165, 1.54) is 7.11 Å². The third-order valence-corrected chi connectivity index (χ3v) is 8.01. The van der Waals surface area contributed by atoms with E-state index in [4.69, 9.17) is 9.47 Å². The minimum absolute atomic E-state index is 0.0327. The van der Waals surface area contributed by atoms with Crippen LogP contribution in [0.25, 0.3) is 10.8 Å². The second-order valence-electron chi connectivity index (χ2n) is 7.12. The van der Waals surface area contributed by atoms with Crippen LogP contribution in [-0.4, -0.2) is 39.8 Å². The molecule has 1 aromatic heterocycles. The zero-order chi connectivity index (χ0) is 22.2. The Morgan fingerprint density at radius 3 is 2.55 bits per heavy atom. The second kappa shape index (κ2) is 8.32. The van der Waals surface area contributed by atoms with E-state index >= 15 is 0 Å². The summed E-state index contributed by atoms with van der Waals surface area (Å²) in [5.74, 6) is -0.795. The summed E-state index contributed by atoms with van der Waals surface area (Å²) in [4.78, 5) is 26.4. The van der Waals surface area contributed by atoms with Gasteiger partial charge in [0.1, 0.15) is 10.8 Å². The lowest BCUT2D eigenvalue weighted by molar-refractivity contribution is 0.0527. The Labute approximate surface area is 183 Å². The van der Waals surface area contributed by atoms with Crippen LogP contribution in [0.4, 0.5) is 5.00 Å². The van der Waals surface area contributed by atoms with Crippen LogP contribution in [0.1, 0.15) is 38.1 Å². The van der Waals surface area contributed by atoms with Gasteiger partial charge in [0, 0.05) is 4.88 Å². The second-order valence-corrected chi connectivity index (χ2v) is 10.4. The average Bonchev–Trinajstić information content (AvgIpc) is 3.08. The van der Waals surface area contributed by atoms with Gasteiger partial charge in [-0.25, -0.2) is 13.2 Å². The number of rotatable bonds is 5. The van der Waals surface area contributed by atoms with Gasteiger partial charge in [0.15, 0.2) is 9.84 Å². The van der Waals surface area contributed by atoms with Crippen LogP contribution in [0.2, 0.25) is 0 Å². The summed E-state index contributed by atoms with van der Waals surface area (Å²) in [5.41, 5.74) is 1.19. The molecular weight excluding hydrogens is 438 g/mol. The van der Waals surface area contributed by atoms with Gasteiger partial charge in [-0.15, -0.1) is 11.3 Å². The molecule has 0 bridgehead atoms. The van der Waals surface area contributed by atoms with E-state index < -0.39 is 21.7 Å². The van der Waals surface area contributed by atoms with Crippen LogP contribution in [0, 0.1) is 0 Å². The molecule has 0 spiro atoms. The fourth-order valence-corrected chi connectivity index (χ4v) is 6.70. The van der Waals surface area contributed by atoms with Crippen LogP contribution >= 0.6 is 11.3 Å². The molecule has 4 rings (SSSR count). The molecule has 0 fully saturated rings. The Morgan fingerprint density at radius 1 is 1.16 bits per heavy atom. The summed E-state index contributed by atoms with van der Waals surface area (Å²) in [6.45, 7) is 1.87. The molecule has 2 aromatic carbocycles. The number of carbonyl (C=O) groups is 2. The number of thiophene rings is 1. The van der Waals surface area contributed by atoms with E-state index in [2.05, 4.69) is 5.32 Å². The van der Waals surface area contributed by atoms with Crippen molar-refractivity contribution in [2.75, 3.05) is 24.8 Å². The van der Waals surface area contributed by atoms with Crippen molar-refractivity contribution in [3.8, 4) is 5.75 Å². The molecule has 1 aliphatic heterocycles. The van der Waals surface area contributed by atoms with Crippen LogP contribution in [0.5, 0.6) is 5.75 Å². The van der Waals surface area contributed by atoms with Gasteiger partial charge >= 0.3 is 5.97 Å². The molecule has 0 unspecified atom stereocenters. The van der Waals surface area contributed by atoms with Crippen molar-refractivity contribution in [2.45, 2.75) is 19.1 Å². The zero-order valence-electron chi connectivity index (χ0n) is 17.1. The van der Waals surface area contributed by atoms with E-state index in [0.29, 0.717) is 26.8 Å². The highest BCUT2D eigenvalue weighted by atomic mass is 32.2. The monoisotopic (exact) mass is 459 g/mol. The fourth-order valence-electron chi connectivity index (χ4n) is 3.67. The lowest BCUT2D eigenvalue weighted by atomic mass is 10.0. The molecule has 1 amide bonds. The molecule has 1 aliphatic rings. The van der Waals surface area contributed by atoms with Crippen LogP contribution in [0.15, 0.2) is 36.4 Å². The number of anilines is 1. The van der Waals surface area contributed by atoms with Gasteiger partial charge in [-0.05, 0) is 41.8 Å². The van der Waals surface area contributed by atoms with Gasteiger partial charge in [-0.1, -0.05) is 24.3 Å². The number of sulfone groups is 1. The Kier molecular flexibility index (Phi) is 5.72. The molecule has 0 radical (unpaired) electrons. The molecule has 0 atom stereocenters. The third kappa shape index (κ3) is 4.15. The minimum Gasteiger partial charge on any atom is -0.496 e. The lowest BCUT2D eigenvalue weighted by Gasteiger charge is -2.13. The topological polar surface area (TPSA) is 98.8 Å². The first-order chi connectivity index (χ1) is 14.8. The SMILES string of the molecule is CCOC(=O)c1c(NC(=O)c2cc3ccccc3cc2OC)sc2c1CCS(=O)(=O)C2. The molecule has 2 heterocycles. The first-order valence-corrected chi connectivity index (χ1v) is 12.4. The molecule has 3 aromatic rings. The quantitative estimate of drug-likeness (QED) is 0.583. The number of esters is 1. The highest BCUT2D eigenvalue weighted by molar-refractivity contribution is 7.90. The maximum absolute atomic E-state index is 13.2. The predicted octanol–water partition coefficient (Wildman–Crippen LogP) is 3.81. The van der Waals surface area contributed by atoms with Crippen molar-refractivity contribution in [1.29, 1.82) is 0 Å². The van der Waals surface area contributed by atoms with Crippen molar-refractivity contribution in [3.05, 3.63) is 58.0 Å². The summed E-state index contributed by atoms with van der Waals surface area (Å²) in [6, 6.07) is 11.1. The highest BCUT2D eigenvalue weighted by Crippen LogP contribution is 2.39. The first kappa shape index (κ1) is 21.3. The summed E-state index contributed by atoms with van der Waals surface area (Å²) in [6.07, 6.45) is 0.220. The maximum Gasteiger partial charge on any atom is 0.341 e. The zero-order valence-corrected chi connectivity index (χ0v) is 18.7. The molecule has 31 heavy (non-hydrogen) atoms. The number of methoxy groups -OCH3 is 1. The number of benzene rings is 2. The summed E-state index contributed by atoms with van der Waals surface area (Å²) >= 11 is 1.11. The number of fused-ring (bicyclic) bond motifs is 2. The van der Waals surface area contributed by atoms with Crippen molar-refractivity contribution < 1.29 is 27.5 Å². The largest absolute Gasteiger partial charge is 0.496 e. The van der Waals surface area contributed by atoms with Gasteiger partial charge in [-0.2, -0.15) is 0 Å². The third-order valence-electron chi connectivity index (χ3n) is 5.12. The molecule has 0 saturated carbocycles. The van der Waals surface area contributed by atoms with Gasteiger partial charge in [0.2, 0.25) is 0 Å². The number of amides is 1. The van der Waals surface area contributed by atoms with E-state index in [1.807, 2.05) is 24.3 Å². The standard InChI is InChI=1S/C22H21NO6S2/c1-3-29-22(25)19-15-8-9-31(26,27)12-18(15)30-21(19)23-20(24)16-10-13-6-4-5-7-14(13)11-17(16)28-2/h4-7,10-11H,3,8-9,12H2,1-2H3,(H,23,24). The van der Waals surface area contributed by atoms with Crippen LogP contribution in [-0.2, 0) is 26.7 Å². The van der Waals surface area contributed by atoms with E-state index in [1.54, 1.807) is 19.1 Å². The average molecular weight is 460 g/mol. The number of hydrogen-bond donors (Lipinski definition) is 1. The molecule has 162 valence electrons. The normalized spacial score (nSPS) is 14.6. The van der Waals surface area contributed by atoms with Crippen molar-refractivity contribution in [2.24, 2.45) is 0 Å². The van der Waals surface area contributed by atoms with Crippen molar-refractivity contribution in [1.82, 2.24) is 0 Å². The Balaban J connectivity index is 1.75. The molecule has 7 nitrogen and oxygen atoms in total. The summed E-state index contributed by atoms with van der Waals surface area (Å²) in [5, 5.41) is 4.89. The van der Waals surface area contributed by atoms with Gasteiger partial charge in [-0.3, -0.25) is 4.79 Å². The molecule has 0 aliphatic carbocycles.